The zero-order valence-corrected chi connectivity index (χ0v) is 17.8. The van der Waals surface area contributed by atoms with Crippen molar-refractivity contribution in [1.82, 2.24) is 0 Å². The predicted molar refractivity (Wildman–Crippen MR) is 116 cm³/mol. The highest BCUT2D eigenvalue weighted by Crippen LogP contribution is 2.37. The zero-order chi connectivity index (χ0) is 20.8. The Kier molecular flexibility index (Phi) is 7.09. The molecule has 3 nitrogen and oxygen atoms in total. The SMILES string of the molecule is CCc1ccc(OC(=O)C2CCC(c3ccc(CC(C)C)cc3)CC2)c(C#N)c1. The molecule has 0 N–H and O–H groups in total. The topological polar surface area (TPSA) is 50.1 Å². The third-order valence-electron chi connectivity index (χ3n) is 5.94. The Morgan fingerprint density at radius 2 is 1.72 bits per heavy atom. The lowest BCUT2D eigenvalue weighted by Gasteiger charge is -2.27. The summed E-state index contributed by atoms with van der Waals surface area (Å²) in [5.74, 6) is 1.30. The molecule has 0 aromatic heterocycles. The molecule has 1 saturated carbocycles. The molecule has 0 saturated heterocycles. The van der Waals surface area contributed by atoms with E-state index in [1.54, 1.807) is 6.07 Å². The lowest BCUT2D eigenvalue weighted by Crippen LogP contribution is -2.25. The maximum absolute atomic E-state index is 12.6. The summed E-state index contributed by atoms with van der Waals surface area (Å²) >= 11 is 0. The maximum Gasteiger partial charge on any atom is 0.314 e. The van der Waals surface area contributed by atoms with Crippen molar-refractivity contribution in [1.29, 1.82) is 5.26 Å². The van der Waals surface area contributed by atoms with Crippen LogP contribution in [0.4, 0.5) is 0 Å². The van der Waals surface area contributed by atoms with Crippen LogP contribution in [0.2, 0.25) is 0 Å². The number of nitrogens with zero attached hydrogens (tertiary/aromatic N) is 1. The van der Waals surface area contributed by atoms with E-state index in [2.05, 4.69) is 44.2 Å². The van der Waals surface area contributed by atoms with E-state index in [9.17, 15) is 10.1 Å². The highest BCUT2D eigenvalue weighted by atomic mass is 16.5. The molecule has 0 radical (unpaired) electrons. The average Bonchev–Trinajstić information content (AvgIpc) is 2.74. The van der Waals surface area contributed by atoms with Gasteiger partial charge in [0.2, 0.25) is 0 Å². The zero-order valence-electron chi connectivity index (χ0n) is 17.8. The number of carbonyl (C=O) groups is 1. The number of benzene rings is 2. The first kappa shape index (κ1) is 21.1. The van der Waals surface area contributed by atoms with Gasteiger partial charge in [0, 0.05) is 0 Å². The Hall–Kier alpha value is -2.60. The fraction of sp³-hybridized carbons (Fsp3) is 0.462. The van der Waals surface area contributed by atoms with Crippen molar-refractivity contribution >= 4 is 5.97 Å². The summed E-state index contributed by atoms with van der Waals surface area (Å²) in [5.41, 5.74) is 4.28. The molecule has 0 bridgehead atoms. The molecule has 3 rings (SSSR count). The van der Waals surface area contributed by atoms with Gasteiger partial charge in [0.25, 0.3) is 0 Å². The van der Waals surface area contributed by atoms with E-state index in [1.807, 2.05) is 19.1 Å². The molecule has 1 aliphatic rings. The van der Waals surface area contributed by atoms with Gasteiger partial charge >= 0.3 is 5.97 Å². The van der Waals surface area contributed by atoms with E-state index in [4.69, 9.17) is 4.74 Å². The van der Waals surface area contributed by atoms with E-state index in [-0.39, 0.29) is 11.9 Å². The largest absolute Gasteiger partial charge is 0.425 e. The van der Waals surface area contributed by atoms with Gasteiger partial charge in [-0.3, -0.25) is 4.79 Å². The molecular formula is C26H31NO2. The number of carbonyl (C=O) groups excluding carboxylic acids is 1. The van der Waals surface area contributed by atoms with Crippen LogP contribution in [-0.2, 0) is 17.6 Å². The fourth-order valence-electron chi connectivity index (χ4n) is 4.22. The minimum absolute atomic E-state index is 0.0798. The van der Waals surface area contributed by atoms with Crippen LogP contribution in [0.1, 0.15) is 74.6 Å². The van der Waals surface area contributed by atoms with Crippen molar-refractivity contribution in [2.75, 3.05) is 0 Å². The maximum atomic E-state index is 12.6. The van der Waals surface area contributed by atoms with Crippen LogP contribution in [0.5, 0.6) is 5.75 Å². The predicted octanol–water partition coefficient (Wildman–Crippen LogP) is 6.20. The second kappa shape index (κ2) is 9.74. The van der Waals surface area contributed by atoms with Gasteiger partial charge in [-0.25, -0.2) is 0 Å². The molecule has 152 valence electrons. The monoisotopic (exact) mass is 389 g/mol. The van der Waals surface area contributed by atoms with E-state index in [0.29, 0.717) is 23.1 Å². The third-order valence-corrected chi connectivity index (χ3v) is 5.94. The van der Waals surface area contributed by atoms with Crippen molar-refractivity contribution < 1.29 is 9.53 Å². The molecule has 3 heteroatoms. The van der Waals surface area contributed by atoms with Crippen LogP contribution < -0.4 is 4.74 Å². The lowest BCUT2D eigenvalue weighted by molar-refractivity contribution is -0.140. The van der Waals surface area contributed by atoms with Gasteiger partial charge in [-0.2, -0.15) is 5.26 Å². The Morgan fingerprint density at radius 1 is 1.07 bits per heavy atom. The van der Waals surface area contributed by atoms with Crippen molar-refractivity contribution in [2.45, 2.75) is 65.2 Å². The molecule has 1 aliphatic carbocycles. The number of hydrogen-bond acceptors (Lipinski definition) is 3. The minimum Gasteiger partial charge on any atom is -0.425 e. The quantitative estimate of drug-likeness (QED) is 0.437. The van der Waals surface area contributed by atoms with Gasteiger partial charge in [-0.15, -0.1) is 0 Å². The number of aryl methyl sites for hydroxylation is 1. The van der Waals surface area contributed by atoms with Gasteiger partial charge in [-0.1, -0.05) is 51.1 Å². The first-order chi connectivity index (χ1) is 14.0. The highest BCUT2D eigenvalue weighted by Gasteiger charge is 2.29. The van der Waals surface area contributed by atoms with Gasteiger partial charge in [0.05, 0.1) is 11.5 Å². The second-order valence-corrected chi connectivity index (χ2v) is 8.61. The Bertz CT molecular complexity index is 869. The lowest BCUT2D eigenvalue weighted by atomic mass is 9.78. The van der Waals surface area contributed by atoms with E-state index in [1.165, 1.54) is 11.1 Å². The smallest absolute Gasteiger partial charge is 0.314 e. The number of nitriles is 1. The third kappa shape index (κ3) is 5.48. The van der Waals surface area contributed by atoms with E-state index >= 15 is 0 Å². The van der Waals surface area contributed by atoms with E-state index in [0.717, 1.165) is 44.1 Å². The van der Waals surface area contributed by atoms with Crippen LogP contribution in [-0.4, -0.2) is 5.97 Å². The Balaban J connectivity index is 1.56. The molecule has 2 aromatic carbocycles. The minimum atomic E-state index is -0.198. The summed E-state index contributed by atoms with van der Waals surface area (Å²) in [5, 5.41) is 9.35. The van der Waals surface area contributed by atoms with Crippen LogP contribution >= 0.6 is 0 Å². The van der Waals surface area contributed by atoms with Crippen molar-refractivity contribution in [3.63, 3.8) is 0 Å². The average molecular weight is 390 g/mol. The highest BCUT2D eigenvalue weighted by molar-refractivity contribution is 5.76. The summed E-state index contributed by atoms with van der Waals surface area (Å²) in [6.45, 7) is 6.52. The first-order valence-corrected chi connectivity index (χ1v) is 10.8. The van der Waals surface area contributed by atoms with Gasteiger partial charge in [0.15, 0.2) is 0 Å². The van der Waals surface area contributed by atoms with Crippen molar-refractivity contribution in [3.05, 3.63) is 64.7 Å². The summed E-state index contributed by atoms with van der Waals surface area (Å²) < 4.78 is 5.61. The van der Waals surface area contributed by atoms with Gasteiger partial charge < -0.3 is 4.74 Å². The summed E-state index contributed by atoms with van der Waals surface area (Å²) in [4.78, 5) is 12.6. The molecule has 0 amide bonds. The normalized spacial score (nSPS) is 19.0. The molecule has 0 unspecified atom stereocenters. The summed E-state index contributed by atoms with van der Waals surface area (Å²) in [7, 11) is 0. The molecule has 0 atom stereocenters. The Morgan fingerprint density at radius 3 is 2.31 bits per heavy atom. The molecule has 2 aromatic rings. The molecule has 0 aliphatic heterocycles. The fourth-order valence-corrected chi connectivity index (χ4v) is 4.22. The van der Waals surface area contributed by atoms with E-state index < -0.39 is 0 Å². The number of hydrogen-bond donors (Lipinski definition) is 0. The number of ether oxygens (including phenoxy) is 1. The van der Waals surface area contributed by atoms with Crippen LogP contribution in [0.25, 0.3) is 0 Å². The first-order valence-electron chi connectivity index (χ1n) is 10.8. The number of esters is 1. The molecule has 0 heterocycles. The molecule has 29 heavy (non-hydrogen) atoms. The van der Waals surface area contributed by atoms with Crippen molar-refractivity contribution in [3.8, 4) is 11.8 Å². The summed E-state index contributed by atoms with van der Waals surface area (Å²) in [6.07, 6.45) is 5.65. The molecule has 1 fully saturated rings. The van der Waals surface area contributed by atoms with Crippen LogP contribution in [0.15, 0.2) is 42.5 Å². The van der Waals surface area contributed by atoms with Crippen LogP contribution in [0, 0.1) is 23.2 Å². The summed E-state index contributed by atoms with van der Waals surface area (Å²) in [6, 6.07) is 16.6. The standard InChI is InChI=1S/C26H31NO2/c1-4-19-7-14-25(24(16-19)17-27)29-26(28)23-12-10-22(11-13-23)21-8-5-20(6-9-21)15-18(2)3/h5-9,14,16,18,22-23H,4,10-13,15H2,1-3H3. The molecule has 0 spiro atoms. The molecular weight excluding hydrogens is 358 g/mol. The number of rotatable bonds is 6. The van der Waals surface area contributed by atoms with Crippen molar-refractivity contribution in [2.24, 2.45) is 11.8 Å². The second-order valence-electron chi connectivity index (χ2n) is 8.61. The van der Waals surface area contributed by atoms with Gasteiger partial charge in [-0.05, 0) is 79.2 Å². The van der Waals surface area contributed by atoms with Crippen LogP contribution in [0.3, 0.4) is 0 Å². The van der Waals surface area contributed by atoms with Gasteiger partial charge in [0.1, 0.15) is 11.8 Å². The Labute approximate surface area is 174 Å².